The number of hydrogen-bond donors (Lipinski definition) is 1. The van der Waals surface area contributed by atoms with E-state index in [1.165, 1.54) is 0 Å². The summed E-state index contributed by atoms with van der Waals surface area (Å²) in [5.41, 5.74) is 3.34. The molecule has 18 heavy (non-hydrogen) atoms. The monoisotopic (exact) mass is 250 g/mol. The predicted octanol–water partition coefficient (Wildman–Crippen LogP) is 3.67. The van der Waals surface area contributed by atoms with E-state index in [-0.39, 0.29) is 12.3 Å². The highest BCUT2D eigenvalue weighted by Gasteiger charge is 2.15. The fourth-order valence-corrected chi connectivity index (χ4v) is 2.38. The second-order valence-corrected chi connectivity index (χ2v) is 4.82. The van der Waals surface area contributed by atoms with E-state index in [1.807, 2.05) is 32.9 Å². The van der Waals surface area contributed by atoms with Gasteiger partial charge in [-0.15, -0.1) is 0 Å². The Balaban J connectivity index is 2.96. The number of carbonyl (C=O) groups is 1. The van der Waals surface area contributed by atoms with Gasteiger partial charge in [0.25, 0.3) is 0 Å². The van der Waals surface area contributed by atoms with Crippen LogP contribution in [0.5, 0.6) is 5.75 Å². The van der Waals surface area contributed by atoms with Gasteiger partial charge in [0.2, 0.25) is 0 Å². The summed E-state index contributed by atoms with van der Waals surface area (Å²) >= 11 is 0. The van der Waals surface area contributed by atoms with Crippen molar-refractivity contribution in [2.75, 3.05) is 6.61 Å². The molecule has 1 aromatic carbocycles. The van der Waals surface area contributed by atoms with E-state index in [0.29, 0.717) is 6.61 Å². The van der Waals surface area contributed by atoms with Gasteiger partial charge >= 0.3 is 5.97 Å². The van der Waals surface area contributed by atoms with Crippen molar-refractivity contribution < 1.29 is 14.6 Å². The van der Waals surface area contributed by atoms with Gasteiger partial charge in [0.05, 0.1) is 13.0 Å². The summed E-state index contributed by atoms with van der Waals surface area (Å²) in [6.07, 6.45) is 1.14. The van der Waals surface area contributed by atoms with Crippen molar-refractivity contribution in [3.05, 3.63) is 28.8 Å². The van der Waals surface area contributed by atoms with Crippen LogP contribution in [0.2, 0.25) is 0 Å². The lowest BCUT2D eigenvalue weighted by atomic mass is 9.89. The van der Waals surface area contributed by atoms with Crippen molar-refractivity contribution in [3.63, 3.8) is 0 Å². The summed E-state index contributed by atoms with van der Waals surface area (Å²) in [7, 11) is 0. The normalized spacial score (nSPS) is 12.2. The molecule has 0 heterocycles. The molecule has 1 N–H and O–H groups in total. The third-order valence-electron chi connectivity index (χ3n) is 3.01. The highest BCUT2D eigenvalue weighted by molar-refractivity contribution is 5.68. The van der Waals surface area contributed by atoms with Crippen molar-refractivity contribution >= 4 is 5.97 Å². The van der Waals surface area contributed by atoms with Crippen LogP contribution in [0.1, 0.15) is 49.3 Å². The van der Waals surface area contributed by atoms with Gasteiger partial charge in [-0.05, 0) is 55.0 Å². The maximum absolute atomic E-state index is 10.8. The first-order valence-electron chi connectivity index (χ1n) is 6.41. The van der Waals surface area contributed by atoms with Gasteiger partial charge in [-0.2, -0.15) is 0 Å². The second-order valence-electron chi connectivity index (χ2n) is 4.82. The first-order chi connectivity index (χ1) is 8.45. The Hall–Kier alpha value is -1.51. The lowest BCUT2D eigenvalue weighted by molar-refractivity contribution is -0.137. The molecule has 0 radical (unpaired) electrons. The molecule has 0 aliphatic carbocycles. The Bertz CT molecular complexity index is 401. The molecular formula is C15H22O3. The zero-order valence-corrected chi connectivity index (χ0v) is 11.6. The van der Waals surface area contributed by atoms with Crippen molar-refractivity contribution in [3.8, 4) is 5.75 Å². The third kappa shape index (κ3) is 3.76. The van der Waals surface area contributed by atoms with Crippen LogP contribution in [0.15, 0.2) is 12.1 Å². The minimum Gasteiger partial charge on any atom is -0.494 e. The summed E-state index contributed by atoms with van der Waals surface area (Å²) in [4.78, 5) is 10.8. The Morgan fingerprint density at radius 1 is 1.33 bits per heavy atom. The molecule has 1 rings (SSSR count). The number of benzene rings is 1. The maximum atomic E-state index is 10.8. The number of hydrogen-bond acceptors (Lipinski definition) is 2. The van der Waals surface area contributed by atoms with Crippen LogP contribution in [-0.4, -0.2) is 17.7 Å². The molecule has 1 aromatic rings. The van der Waals surface area contributed by atoms with Crippen LogP contribution >= 0.6 is 0 Å². The van der Waals surface area contributed by atoms with Gasteiger partial charge < -0.3 is 9.84 Å². The molecule has 0 saturated carbocycles. The van der Waals surface area contributed by atoms with E-state index >= 15 is 0 Å². The summed E-state index contributed by atoms with van der Waals surface area (Å²) in [5, 5.41) is 8.87. The summed E-state index contributed by atoms with van der Waals surface area (Å²) in [5.74, 6) is 0.147. The molecule has 0 aliphatic rings. The molecule has 0 amide bonds. The van der Waals surface area contributed by atoms with Crippen molar-refractivity contribution in [2.24, 2.45) is 0 Å². The van der Waals surface area contributed by atoms with Crippen LogP contribution in [0.4, 0.5) is 0 Å². The Morgan fingerprint density at radius 2 is 1.89 bits per heavy atom. The molecule has 1 unspecified atom stereocenters. The minimum atomic E-state index is -0.757. The Kier molecular flexibility index (Phi) is 5.20. The largest absolute Gasteiger partial charge is 0.494 e. The molecule has 1 atom stereocenters. The number of aryl methyl sites for hydroxylation is 2. The number of carboxylic acid groups (broad SMARTS) is 1. The Morgan fingerprint density at radius 3 is 2.33 bits per heavy atom. The third-order valence-corrected chi connectivity index (χ3v) is 3.01. The topological polar surface area (TPSA) is 46.5 Å². The number of ether oxygens (including phenoxy) is 1. The predicted molar refractivity (Wildman–Crippen MR) is 72.4 cm³/mol. The van der Waals surface area contributed by atoms with Crippen LogP contribution in [0.3, 0.4) is 0 Å². The van der Waals surface area contributed by atoms with Gasteiger partial charge in [0, 0.05) is 0 Å². The summed E-state index contributed by atoms with van der Waals surface area (Å²) in [6.45, 7) is 8.76. The van der Waals surface area contributed by atoms with Gasteiger partial charge in [0.1, 0.15) is 5.75 Å². The van der Waals surface area contributed by atoms with E-state index < -0.39 is 5.97 Å². The van der Waals surface area contributed by atoms with Crippen molar-refractivity contribution in [1.82, 2.24) is 0 Å². The minimum absolute atomic E-state index is 0.0303. The van der Waals surface area contributed by atoms with E-state index in [0.717, 1.165) is 28.9 Å². The molecular weight excluding hydrogens is 228 g/mol. The second kappa shape index (κ2) is 6.43. The van der Waals surface area contributed by atoms with Crippen molar-refractivity contribution in [2.45, 2.75) is 46.5 Å². The average Bonchev–Trinajstić information content (AvgIpc) is 2.24. The van der Waals surface area contributed by atoms with Crippen LogP contribution < -0.4 is 4.74 Å². The lowest BCUT2D eigenvalue weighted by Crippen LogP contribution is -2.07. The molecule has 0 aliphatic heterocycles. The fourth-order valence-electron chi connectivity index (χ4n) is 2.38. The zero-order valence-electron chi connectivity index (χ0n) is 11.6. The van der Waals surface area contributed by atoms with E-state index in [1.54, 1.807) is 0 Å². The first kappa shape index (κ1) is 14.6. The molecule has 3 heteroatoms. The number of rotatable bonds is 6. The molecule has 0 fully saturated rings. The SMILES string of the molecule is CCCOc1cc(C)c(C(C)CC(=O)O)c(C)c1. The molecule has 3 nitrogen and oxygen atoms in total. The standard InChI is InChI=1S/C15H22O3/c1-5-6-18-13-7-10(2)15(11(3)8-13)12(4)9-14(16)17/h7-8,12H,5-6,9H2,1-4H3,(H,16,17). The molecule has 100 valence electrons. The molecule has 0 saturated heterocycles. The molecule has 0 aromatic heterocycles. The summed E-state index contributed by atoms with van der Waals surface area (Å²) in [6, 6.07) is 3.99. The summed E-state index contributed by atoms with van der Waals surface area (Å²) < 4.78 is 5.62. The van der Waals surface area contributed by atoms with E-state index in [2.05, 4.69) is 6.92 Å². The Labute approximate surface area is 109 Å². The smallest absolute Gasteiger partial charge is 0.303 e. The van der Waals surface area contributed by atoms with Gasteiger partial charge in [-0.25, -0.2) is 0 Å². The van der Waals surface area contributed by atoms with Gasteiger partial charge in [-0.1, -0.05) is 13.8 Å². The lowest BCUT2D eigenvalue weighted by Gasteiger charge is -2.17. The number of carboxylic acids is 1. The average molecular weight is 250 g/mol. The first-order valence-corrected chi connectivity index (χ1v) is 6.41. The number of aliphatic carboxylic acids is 1. The highest BCUT2D eigenvalue weighted by Crippen LogP contribution is 2.30. The maximum Gasteiger partial charge on any atom is 0.303 e. The van der Waals surface area contributed by atoms with E-state index in [4.69, 9.17) is 9.84 Å². The van der Waals surface area contributed by atoms with Crippen LogP contribution in [0, 0.1) is 13.8 Å². The zero-order chi connectivity index (χ0) is 13.7. The van der Waals surface area contributed by atoms with E-state index in [9.17, 15) is 4.79 Å². The van der Waals surface area contributed by atoms with Crippen LogP contribution in [-0.2, 0) is 4.79 Å². The molecule has 0 bridgehead atoms. The van der Waals surface area contributed by atoms with Crippen LogP contribution in [0.25, 0.3) is 0 Å². The van der Waals surface area contributed by atoms with Gasteiger partial charge in [-0.3, -0.25) is 4.79 Å². The molecule has 0 spiro atoms. The fraction of sp³-hybridized carbons (Fsp3) is 0.533. The van der Waals surface area contributed by atoms with Gasteiger partial charge in [0.15, 0.2) is 0 Å². The quantitative estimate of drug-likeness (QED) is 0.838. The highest BCUT2D eigenvalue weighted by atomic mass is 16.5. The van der Waals surface area contributed by atoms with Crippen molar-refractivity contribution in [1.29, 1.82) is 0 Å².